The number of pyridine rings is 1. The maximum Gasteiger partial charge on any atom is 0.417 e. The van der Waals surface area contributed by atoms with Crippen molar-refractivity contribution in [3.05, 3.63) is 53.4 Å². The van der Waals surface area contributed by atoms with Crippen LogP contribution in [0, 0.1) is 17.6 Å². The zero-order chi connectivity index (χ0) is 26.6. The fraction of sp³-hybridized carbons (Fsp3) is 0.458. The van der Waals surface area contributed by atoms with Gasteiger partial charge in [0.2, 0.25) is 5.82 Å². The molecule has 2 aromatic rings. The Bertz CT molecular complexity index is 1200. The summed E-state index contributed by atoms with van der Waals surface area (Å²) in [5.74, 6) is -7.63. The van der Waals surface area contributed by atoms with Crippen molar-refractivity contribution >= 4 is 17.5 Å². The average Bonchev–Trinajstić information content (AvgIpc) is 3.60. The summed E-state index contributed by atoms with van der Waals surface area (Å²) in [6, 6.07) is 4.21. The number of aromatic nitrogens is 1. The van der Waals surface area contributed by atoms with Gasteiger partial charge in [-0.25, -0.2) is 4.39 Å². The predicted octanol–water partition coefficient (Wildman–Crippen LogP) is 4.10. The third-order valence-corrected chi connectivity index (χ3v) is 6.98. The maximum atomic E-state index is 14.6. The van der Waals surface area contributed by atoms with Crippen LogP contribution in [0.15, 0.2) is 30.5 Å². The highest BCUT2D eigenvalue weighted by Gasteiger charge is 2.66. The molecule has 1 saturated heterocycles. The molecule has 12 heteroatoms. The van der Waals surface area contributed by atoms with Crippen LogP contribution in [0.4, 0.5) is 27.6 Å². The number of nitrogens with zero attached hydrogens (tertiary/aromatic N) is 2. The van der Waals surface area contributed by atoms with Gasteiger partial charge < -0.3 is 20.1 Å². The topological polar surface area (TPSA) is 94.8 Å². The van der Waals surface area contributed by atoms with Crippen molar-refractivity contribution in [1.82, 2.24) is 4.98 Å². The second kappa shape index (κ2) is 8.99. The van der Waals surface area contributed by atoms with E-state index in [1.807, 2.05) is 0 Å². The summed E-state index contributed by atoms with van der Waals surface area (Å²) in [7, 11) is 1.06. The van der Waals surface area contributed by atoms with E-state index in [4.69, 9.17) is 15.2 Å². The molecule has 2 amide bonds. The molecular weight excluding hydrogens is 489 g/mol. The van der Waals surface area contributed by atoms with E-state index < -0.39 is 58.9 Å². The van der Waals surface area contributed by atoms with Crippen molar-refractivity contribution in [2.24, 2.45) is 11.7 Å². The highest BCUT2D eigenvalue weighted by Crippen LogP contribution is 2.55. The zero-order valence-electron chi connectivity index (χ0n) is 19.6. The van der Waals surface area contributed by atoms with Gasteiger partial charge in [0.05, 0.1) is 7.11 Å². The van der Waals surface area contributed by atoms with Gasteiger partial charge in [-0.05, 0) is 38.0 Å². The van der Waals surface area contributed by atoms with Crippen molar-refractivity contribution in [2.45, 2.75) is 56.5 Å². The Morgan fingerprint density at radius 2 is 1.89 bits per heavy atom. The number of carbonyl (C=O) groups excluding carboxylic acids is 2. The lowest BCUT2D eigenvalue weighted by atomic mass is 9.76. The maximum absolute atomic E-state index is 14.6. The van der Waals surface area contributed by atoms with Crippen molar-refractivity contribution in [1.29, 1.82) is 0 Å². The number of hydrogen-bond acceptors (Lipinski definition) is 5. The lowest BCUT2D eigenvalue weighted by Crippen LogP contribution is -2.48. The molecule has 1 aliphatic carbocycles. The molecule has 1 aromatic heterocycles. The predicted molar refractivity (Wildman–Crippen MR) is 117 cm³/mol. The first-order chi connectivity index (χ1) is 16.8. The molecule has 1 aliphatic heterocycles. The summed E-state index contributed by atoms with van der Waals surface area (Å²) in [4.78, 5) is 30.6. The first kappa shape index (κ1) is 25.8. The van der Waals surface area contributed by atoms with Crippen LogP contribution < -0.4 is 15.4 Å². The molecule has 2 heterocycles. The highest BCUT2D eigenvalue weighted by molar-refractivity contribution is 6.00. The van der Waals surface area contributed by atoms with Gasteiger partial charge in [-0.1, -0.05) is 13.0 Å². The Morgan fingerprint density at radius 1 is 1.22 bits per heavy atom. The van der Waals surface area contributed by atoms with Gasteiger partial charge in [0, 0.05) is 35.3 Å². The summed E-state index contributed by atoms with van der Waals surface area (Å²) in [6.45, 7) is 2.06. The van der Waals surface area contributed by atoms with Crippen LogP contribution >= 0.6 is 0 Å². The molecule has 1 aromatic carbocycles. The molecule has 0 radical (unpaired) electrons. The van der Waals surface area contributed by atoms with Crippen molar-refractivity contribution in [3.63, 3.8) is 0 Å². The van der Waals surface area contributed by atoms with Crippen LogP contribution in [0.1, 0.15) is 48.7 Å². The van der Waals surface area contributed by atoms with Gasteiger partial charge in [-0.2, -0.15) is 17.6 Å². The molecule has 2 aliphatic rings. The number of hydrogen-bond donors (Lipinski definition) is 1. The lowest BCUT2D eigenvalue weighted by Gasteiger charge is -2.32. The third kappa shape index (κ3) is 4.16. The molecule has 0 spiro atoms. The van der Waals surface area contributed by atoms with E-state index in [9.17, 15) is 31.5 Å². The molecule has 2 fully saturated rings. The summed E-state index contributed by atoms with van der Waals surface area (Å²) in [5.41, 5.74) is 2.47. The SMILES string of the molecule is COc1c([C@H]2[C@H](C(=O)N(c3ccnc(C(N)=O)c3)C3CC3)O[C@@](C)(C(F)(F)F)[C@H]2C)ccc(F)c1F. The Hall–Kier alpha value is -3.28. The molecule has 4 atom stereocenters. The normalized spacial score (nSPS) is 26.1. The minimum absolute atomic E-state index is 0.126. The summed E-state index contributed by atoms with van der Waals surface area (Å²) >= 11 is 0. The van der Waals surface area contributed by atoms with E-state index in [0.717, 1.165) is 26.2 Å². The quantitative estimate of drug-likeness (QED) is 0.587. The van der Waals surface area contributed by atoms with Crippen LogP contribution in [0.25, 0.3) is 0 Å². The van der Waals surface area contributed by atoms with E-state index in [2.05, 4.69) is 4.98 Å². The Balaban J connectivity index is 1.85. The molecule has 36 heavy (non-hydrogen) atoms. The second-order valence-corrected chi connectivity index (χ2v) is 9.14. The molecule has 194 valence electrons. The van der Waals surface area contributed by atoms with Crippen LogP contribution in [0.3, 0.4) is 0 Å². The number of carbonyl (C=O) groups is 2. The summed E-state index contributed by atoms with van der Waals surface area (Å²) in [5, 5.41) is 0. The number of ether oxygens (including phenoxy) is 2. The van der Waals surface area contributed by atoms with E-state index in [-0.39, 0.29) is 23.0 Å². The van der Waals surface area contributed by atoms with E-state index in [1.54, 1.807) is 0 Å². The fourth-order valence-corrected chi connectivity index (χ4v) is 4.72. The largest absolute Gasteiger partial charge is 0.493 e. The van der Waals surface area contributed by atoms with E-state index in [0.29, 0.717) is 12.8 Å². The first-order valence-electron chi connectivity index (χ1n) is 11.2. The van der Waals surface area contributed by atoms with Gasteiger partial charge in [-0.15, -0.1) is 0 Å². The molecule has 0 bridgehead atoms. The number of halogens is 5. The Labute approximate surface area is 203 Å². The molecular formula is C24H24F5N3O4. The van der Waals surface area contributed by atoms with Crippen LogP contribution in [0.2, 0.25) is 0 Å². The molecule has 7 nitrogen and oxygen atoms in total. The molecule has 2 N–H and O–H groups in total. The number of methoxy groups -OCH3 is 1. The van der Waals surface area contributed by atoms with E-state index >= 15 is 0 Å². The number of nitrogens with two attached hydrogens (primary N) is 1. The minimum Gasteiger partial charge on any atom is -0.493 e. The monoisotopic (exact) mass is 513 g/mol. The van der Waals surface area contributed by atoms with Crippen LogP contribution in [-0.4, -0.2) is 47.8 Å². The first-order valence-corrected chi connectivity index (χ1v) is 11.2. The molecule has 0 unspecified atom stereocenters. The van der Waals surface area contributed by atoms with Gasteiger partial charge in [0.25, 0.3) is 11.8 Å². The Kier molecular flexibility index (Phi) is 6.44. The van der Waals surface area contributed by atoms with Crippen molar-refractivity contribution in [2.75, 3.05) is 12.0 Å². The second-order valence-electron chi connectivity index (χ2n) is 9.14. The van der Waals surface area contributed by atoms with Crippen LogP contribution in [-0.2, 0) is 9.53 Å². The zero-order valence-corrected chi connectivity index (χ0v) is 19.6. The van der Waals surface area contributed by atoms with Gasteiger partial charge in [0.15, 0.2) is 17.2 Å². The molecule has 1 saturated carbocycles. The summed E-state index contributed by atoms with van der Waals surface area (Å²) < 4.78 is 81.6. The van der Waals surface area contributed by atoms with Gasteiger partial charge in [-0.3, -0.25) is 14.6 Å². The smallest absolute Gasteiger partial charge is 0.417 e. The number of amides is 2. The summed E-state index contributed by atoms with van der Waals surface area (Å²) in [6.07, 6.45) is -4.22. The Morgan fingerprint density at radius 3 is 2.44 bits per heavy atom. The average molecular weight is 513 g/mol. The number of alkyl halides is 3. The van der Waals surface area contributed by atoms with Crippen LogP contribution in [0.5, 0.6) is 5.75 Å². The highest BCUT2D eigenvalue weighted by atomic mass is 19.4. The fourth-order valence-electron chi connectivity index (χ4n) is 4.72. The minimum atomic E-state index is -4.88. The third-order valence-electron chi connectivity index (χ3n) is 6.98. The van der Waals surface area contributed by atoms with E-state index in [1.165, 1.54) is 30.2 Å². The van der Waals surface area contributed by atoms with Crippen molar-refractivity contribution < 1.29 is 41.0 Å². The number of anilines is 1. The number of rotatable bonds is 6. The number of primary amides is 1. The van der Waals surface area contributed by atoms with Crippen molar-refractivity contribution in [3.8, 4) is 5.75 Å². The van der Waals surface area contributed by atoms with Gasteiger partial charge >= 0.3 is 6.18 Å². The number of benzene rings is 1. The lowest BCUT2D eigenvalue weighted by molar-refractivity contribution is -0.272. The standard InChI is InChI=1S/C24H24F5N3O4/c1-11-17(14-6-7-15(25)18(26)19(14)35-3)20(36-23(11,2)24(27,28)29)22(34)32(12-4-5-12)13-8-9-31-16(10-13)21(30)33/h6-12,17,20H,4-5H2,1-3H3,(H2,30,33)/t11-,17-,20+,23+/m0/s1. The molecule has 4 rings (SSSR count). The van der Waals surface area contributed by atoms with Gasteiger partial charge in [0.1, 0.15) is 11.8 Å².